The zero-order chi connectivity index (χ0) is 46.6. The van der Waals surface area contributed by atoms with Crippen molar-refractivity contribution in [2.24, 2.45) is 5.41 Å². The SMILES string of the molecule is CS(=O)(=O)N[C@@H](CCCCNC(=O)OCc1ccccc1)C(=O)N[C@@](O)([C@@H](c1ccccc1)c1ccc(O)cc1)[PH](=O)CC1(C(=O)N[C@@H](Cc2c[nH]c3ccccc23)C(=O)O)CCCC1. The third kappa shape index (κ3) is 12.8. The van der Waals surface area contributed by atoms with Crippen molar-refractivity contribution in [2.75, 3.05) is 19.0 Å². The maximum Gasteiger partial charge on any atom is 0.407 e. The van der Waals surface area contributed by atoms with Crippen LogP contribution in [0.4, 0.5) is 4.79 Å². The van der Waals surface area contributed by atoms with Crippen molar-refractivity contribution >= 4 is 52.6 Å². The Kier molecular flexibility index (Phi) is 16.2. The van der Waals surface area contributed by atoms with Crippen molar-refractivity contribution in [3.05, 3.63) is 138 Å². The maximum atomic E-state index is 15.3. The summed E-state index contributed by atoms with van der Waals surface area (Å²) in [4.78, 5) is 57.0. The third-order valence-corrected chi connectivity index (χ3v) is 14.8. The van der Waals surface area contributed by atoms with Gasteiger partial charge in [-0.25, -0.2) is 22.7 Å². The number of para-hydroxylation sites is 1. The van der Waals surface area contributed by atoms with Gasteiger partial charge in [0.2, 0.25) is 21.8 Å². The number of amides is 3. The minimum absolute atomic E-state index is 0.0452. The molecular weight excluding hydrogens is 874 g/mol. The number of phenolic OH excluding ortho intramolecular Hbond substituents is 1. The first-order valence-corrected chi connectivity index (χ1v) is 25.0. The Labute approximate surface area is 378 Å². The smallest absolute Gasteiger partial charge is 0.407 e. The molecule has 65 heavy (non-hydrogen) atoms. The number of ether oxygens (including phenoxy) is 1. The Balaban J connectivity index is 1.26. The van der Waals surface area contributed by atoms with E-state index in [0.29, 0.717) is 36.0 Å². The quantitative estimate of drug-likeness (QED) is 0.0237. The number of rotatable bonds is 22. The van der Waals surface area contributed by atoms with E-state index in [2.05, 4.69) is 25.7 Å². The molecule has 1 fully saturated rings. The number of benzene rings is 4. The molecule has 4 aromatic carbocycles. The number of carboxylic acids is 1. The predicted octanol–water partition coefficient (Wildman–Crippen LogP) is 5.71. The summed E-state index contributed by atoms with van der Waals surface area (Å²) in [5.41, 5.74) is -1.04. The lowest BCUT2D eigenvalue weighted by Crippen LogP contribution is -2.57. The molecule has 1 heterocycles. The number of hydrogen-bond donors (Lipinski definition) is 8. The van der Waals surface area contributed by atoms with Gasteiger partial charge in [-0.1, -0.05) is 104 Å². The van der Waals surface area contributed by atoms with Crippen LogP contribution in [0.1, 0.15) is 73.1 Å². The fraction of sp³-hybridized carbons (Fsp3) is 0.362. The van der Waals surface area contributed by atoms with E-state index in [1.165, 1.54) is 24.3 Å². The number of carboxylic acid groups (broad SMARTS) is 1. The van der Waals surface area contributed by atoms with E-state index in [0.717, 1.165) is 22.7 Å². The standard InChI is InChI=1S/C47H56N5O11PS/c1-65(61,62)52-39(20-10-13-27-48-45(58)63-30-32-14-4-2-5-15-32)42(54)51-47(59,41(33-16-6-3-7-17-33)34-21-23-36(53)24-22-34)64(60)31-46(25-11-12-26-46)44(57)50-40(43(55)56)28-35-29-49-38-19-9-8-18-37(35)38/h2-9,14-19,21-24,29,39-41,49,52-53,59,64H,10-13,20,25-28,30-31H2,1H3,(H,48,58)(H,50,57)(H,51,54)(H,55,56)/t39-,40-,41-,47+/m0/s1. The molecule has 5 aromatic rings. The van der Waals surface area contributed by atoms with E-state index in [9.17, 15) is 42.9 Å². The van der Waals surface area contributed by atoms with E-state index in [-0.39, 0.29) is 51.0 Å². The second kappa shape index (κ2) is 21.8. The molecule has 1 aromatic heterocycles. The number of sulfonamides is 1. The highest BCUT2D eigenvalue weighted by molar-refractivity contribution is 7.88. The lowest BCUT2D eigenvalue weighted by molar-refractivity contribution is -0.143. The second-order valence-corrected chi connectivity index (χ2v) is 20.4. The summed E-state index contributed by atoms with van der Waals surface area (Å²) in [5, 5.41) is 42.4. The van der Waals surface area contributed by atoms with Crippen molar-refractivity contribution in [3.63, 3.8) is 0 Å². The summed E-state index contributed by atoms with van der Waals surface area (Å²) in [6.45, 7) is 0.206. The Morgan fingerprint density at radius 1 is 0.862 bits per heavy atom. The van der Waals surface area contributed by atoms with Gasteiger partial charge >= 0.3 is 12.1 Å². The molecule has 5 atom stereocenters. The highest BCUT2D eigenvalue weighted by atomic mass is 32.2. The van der Waals surface area contributed by atoms with Gasteiger partial charge < -0.3 is 45.6 Å². The van der Waals surface area contributed by atoms with Crippen molar-refractivity contribution in [3.8, 4) is 5.75 Å². The Morgan fingerprint density at radius 3 is 2.15 bits per heavy atom. The highest BCUT2D eigenvalue weighted by Crippen LogP contribution is 2.54. The summed E-state index contributed by atoms with van der Waals surface area (Å²) in [6, 6.07) is 27.8. The van der Waals surface area contributed by atoms with Gasteiger partial charge in [-0.3, -0.25) is 9.59 Å². The predicted molar refractivity (Wildman–Crippen MR) is 246 cm³/mol. The van der Waals surface area contributed by atoms with Crippen LogP contribution in [-0.4, -0.2) is 89.1 Å². The van der Waals surface area contributed by atoms with Gasteiger partial charge in [0.15, 0.2) is 5.47 Å². The van der Waals surface area contributed by atoms with Crippen LogP contribution in [0.3, 0.4) is 0 Å². The molecule has 3 amide bonds. The fourth-order valence-electron chi connectivity index (χ4n) is 8.51. The summed E-state index contributed by atoms with van der Waals surface area (Å²) < 4.78 is 48.3. The van der Waals surface area contributed by atoms with Crippen molar-refractivity contribution in [2.45, 2.75) is 81.4 Å². The van der Waals surface area contributed by atoms with E-state index >= 15 is 4.57 Å². The largest absolute Gasteiger partial charge is 0.508 e. The molecule has 0 saturated heterocycles. The number of alkyl carbamates (subject to hydrolysis) is 1. The number of hydrogen-bond acceptors (Lipinski definition) is 10. The molecule has 0 spiro atoms. The number of carbonyl (C=O) groups excluding carboxylic acids is 3. The van der Waals surface area contributed by atoms with Crippen LogP contribution in [0.25, 0.3) is 10.9 Å². The highest BCUT2D eigenvalue weighted by Gasteiger charge is 2.52. The fourth-order valence-corrected chi connectivity index (χ4v) is 11.6. The van der Waals surface area contributed by atoms with Crippen LogP contribution in [0, 0.1) is 5.41 Å². The summed E-state index contributed by atoms with van der Waals surface area (Å²) in [6.07, 6.45) is 3.42. The van der Waals surface area contributed by atoms with Crippen molar-refractivity contribution in [1.82, 2.24) is 25.7 Å². The molecule has 0 aliphatic heterocycles. The molecule has 18 heteroatoms. The molecule has 1 aliphatic rings. The first-order valence-electron chi connectivity index (χ1n) is 21.5. The summed E-state index contributed by atoms with van der Waals surface area (Å²) >= 11 is 0. The third-order valence-electron chi connectivity index (χ3n) is 11.8. The molecule has 6 rings (SSSR count). The monoisotopic (exact) mass is 929 g/mol. The number of carbonyl (C=O) groups is 4. The topological polar surface area (TPSA) is 253 Å². The van der Waals surface area contributed by atoms with E-state index in [4.69, 9.17) is 4.74 Å². The zero-order valence-corrected chi connectivity index (χ0v) is 37.8. The Hall–Kier alpha value is -6.00. The Bertz CT molecular complexity index is 2550. The number of aromatic nitrogens is 1. The molecule has 1 aliphatic carbocycles. The molecule has 346 valence electrons. The van der Waals surface area contributed by atoms with Crippen LogP contribution in [0.5, 0.6) is 5.75 Å². The molecule has 16 nitrogen and oxygen atoms in total. The van der Waals surface area contributed by atoms with Gasteiger partial charge in [-0.2, -0.15) is 0 Å². The van der Waals surface area contributed by atoms with Crippen LogP contribution >= 0.6 is 7.80 Å². The normalized spacial score (nSPS) is 16.3. The number of aromatic amines is 1. The van der Waals surface area contributed by atoms with Crippen LogP contribution in [0.2, 0.25) is 0 Å². The Morgan fingerprint density at radius 2 is 1.49 bits per heavy atom. The number of unbranched alkanes of at least 4 members (excludes halogenated alkanes) is 1. The van der Waals surface area contributed by atoms with Crippen molar-refractivity contribution < 1.29 is 52.2 Å². The number of fused-ring (bicyclic) bond motifs is 1. The molecule has 8 N–H and O–H groups in total. The minimum atomic E-state index is -4.04. The second-order valence-electron chi connectivity index (χ2n) is 16.6. The van der Waals surface area contributed by atoms with Gasteiger partial charge in [0.05, 0.1) is 17.6 Å². The molecule has 1 unspecified atom stereocenters. The van der Waals surface area contributed by atoms with Gasteiger partial charge in [-0.15, -0.1) is 0 Å². The number of aromatic hydroxyl groups is 1. The molecule has 0 radical (unpaired) electrons. The van der Waals surface area contributed by atoms with E-state index < -0.39 is 76.7 Å². The van der Waals surface area contributed by atoms with Gasteiger partial charge in [-0.05, 0) is 72.6 Å². The number of phenols is 1. The molecule has 1 saturated carbocycles. The lowest BCUT2D eigenvalue weighted by atomic mass is 9.86. The number of nitrogens with one attached hydrogen (secondary N) is 5. The van der Waals surface area contributed by atoms with Gasteiger partial charge in [0.25, 0.3) is 0 Å². The molecule has 0 bridgehead atoms. The van der Waals surface area contributed by atoms with Crippen LogP contribution < -0.4 is 20.7 Å². The van der Waals surface area contributed by atoms with Crippen LogP contribution in [-0.2, 0) is 46.7 Å². The number of aliphatic hydroxyl groups is 1. The first kappa shape index (κ1) is 48.5. The van der Waals surface area contributed by atoms with Gasteiger partial charge in [0.1, 0.15) is 32.2 Å². The first-order chi connectivity index (χ1) is 31.1. The van der Waals surface area contributed by atoms with E-state index in [1.807, 2.05) is 54.6 Å². The minimum Gasteiger partial charge on any atom is -0.508 e. The average Bonchev–Trinajstić information content (AvgIpc) is 3.94. The number of H-pyrrole nitrogens is 1. The van der Waals surface area contributed by atoms with E-state index in [1.54, 1.807) is 36.5 Å². The molecular formula is C47H56N5O11PS. The van der Waals surface area contributed by atoms with Crippen LogP contribution in [0.15, 0.2) is 115 Å². The van der Waals surface area contributed by atoms with Crippen molar-refractivity contribution in [1.29, 1.82) is 0 Å². The van der Waals surface area contributed by atoms with Gasteiger partial charge in [0, 0.05) is 36.2 Å². The zero-order valence-electron chi connectivity index (χ0n) is 36.0. The maximum absolute atomic E-state index is 15.3. The summed E-state index contributed by atoms with van der Waals surface area (Å²) in [7, 11) is -7.66. The summed E-state index contributed by atoms with van der Waals surface area (Å²) in [5.74, 6) is -4.29. The average molecular weight is 930 g/mol. The number of aliphatic carboxylic acids is 1. The lowest BCUT2D eigenvalue weighted by Gasteiger charge is -2.40.